The van der Waals surface area contributed by atoms with Gasteiger partial charge in [0.25, 0.3) is 0 Å². The predicted octanol–water partition coefficient (Wildman–Crippen LogP) is 2.08. The number of aryl methyl sites for hydroxylation is 1. The van der Waals surface area contributed by atoms with Crippen LogP contribution in [0.4, 0.5) is 4.79 Å². The van der Waals surface area contributed by atoms with Gasteiger partial charge in [0.15, 0.2) is 0 Å². The summed E-state index contributed by atoms with van der Waals surface area (Å²) in [6.45, 7) is 5.80. The standard InChI is InChI=1S/C13H20N2O2/c1-3-14-13(16)15-9-4-10-17-12-7-5-11(2)6-8-12/h5-8H,3-4,9-10H2,1-2H3,(H2,14,15,16). The van der Waals surface area contributed by atoms with Gasteiger partial charge in [-0.05, 0) is 32.4 Å². The molecule has 0 aliphatic carbocycles. The van der Waals surface area contributed by atoms with Crippen LogP contribution in [0.1, 0.15) is 18.9 Å². The molecule has 0 radical (unpaired) electrons. The van der Waals surface area contributed by atoms with Gasteiger partial charge in [-0.15, -0.1) is 0 Å². The minimum Gasteiger partial charge on any atom is -0.494 e. The number of ether oxygens (including phenoxy) is 1. The molecule has 0 unspecified atom stereocenters. The van der Waals surface area contributed by atoms with E-state index in [4.69, 9.17) is 4.74 Å². The number of benzene rings is 1. The van der Waals surface area contributed by atoms with Crippen molar-refractivity contribution in [1.82, 2.24) is 10.6 Å². The van der Waals surface area contributed by atoms with Gasteiger partial charge >= 0.3 is 6.03 Å². The summed E-state index contributed by atoms with van der Waals surface area (Å²) in [7, 11) is 0. The van der Waals surface area contributed by atoms with Crippen molar-refractivity contribution in [1.29, 1.82) is 0 Å². The van der Waals surface area contributed by atoms with Gasteiger partial charge in [0.2, 0.25) is 0 Å². The van der Waals surface area contributed by atoms with Gasteiger partial charge < -0.3 is 15.4 Å². The van der Waals surface area contributed by atoms with Crippen molar-refractivity contribution >= 4 is 6.03 Å². The number of hydrogen-bond donors (Lipinski definition) is 2. The van der Waals surface area contributed by atoms with Gasteiger partial charge in [-0.2, -0.15) is 0 Å². The molecule has 0 spiro atoms. The first-order valence-electron chi connectivity index (χ1n) is 5.93. The van der Waals surface area contributed by atoms with Crippen LogP contribution in [0.15, 0.2) is 24.3 Å². The van der Waals surface area contributed by atoms with E-state index < -0.39 is 0 Å². The Balaban J connectivity index is 2.08. The summed E-state index contributed by atoms with van der Waals surface area (Å²) < 4.78 is 5.53. The van der Waals surface area contributed by atoms with E-state index in [9.17, 15) is 4.79 Å². The summed E-state index contributed by atoms with van der Waals surface area (Å²) in [6, 6.07) is 7.81. The van der Waals surface area contributed by atoms with Crippen molar-refractivity contribution < 1.29 is 9.53 Å². The molecule has 1 rings (SSSR count). The summed E-state index contributed by atoms with van der Waals surface area (Å²) in [5.41, 5.74) is 1.22. The molecule has 1 aromatic rings. The van der Waals surface area contributed by atoms with Crippen molar-refractivity contribution in [2.75, 3.05) is 19.7 Å². The van der Waals surface area contributed by atoms with Gasteiger partial charge in [0, 0.05) is 13.1 Å². The molecular weight excluding hydrogens is 216 g/mol. The molecule has 0 aromatic heterocycles. The lowest BCUT2D eigenvalue weighted by Crippen LogP contribution is -2.36. The first-order chi connectivity index (χ1) is 8.22. The molecule has 0 saturated heterocycles. The van der Waals surface area contributed by atoms with Gasteiger partial charge in [-0.3, -0.25) is 0 Å². The number of hydrogen-bond acceptors (Lipinski definition) is 2. The van der Waals surface area contributed by atoms with E-state index in [0.717, 1.165) is 12.2 Å². The molecule has 4 nitrogen and oxygen atoms in total. The normalized spacial score (nSPS) is 9.76. The molecule has 2 N–H and O–H groups in total. The van der Waals surface area contributed by atoms with Crippen LogP contribution in [0.5, 0.6) is 5.75 Å². The van der Waals surface area contributed by atoms with E-state index in [2.05, 4.69) is 10.6 Å². The second-order valence-corrected chi connectivity index (χ2v) is 3.80. The molecule has 0 aliphatic rings. The van der Waals surface area contributed by atoms with Crippen LogP contribution in [0.25, 0.3) is 0 Å². The summed E-state index contributed by atoms with van der Waals surface area (Å²) >= 11 is 0. The van der Waals surface area contributed by atoms with E-state index >= 15 is 0 Å². The fraction of sp³-hybridized carbons (Fsp3) is 0.462. The highest BCUT2D eigenvalue weighted by Crippen LogP contribution is 2.11. The minimum absolute atomic E-state index is 0.122. The monoisotopic (exact) mass is 236 g/mol. The maximum absolute atomic E-state index is 11.1. The van der Waals surface area contributed by atoms with Crippen LogP contribution in [0.3, 0.4) is 0 Å². The molecule has 94 valence electrons. The SMILES string of the molecule is CCNC(=O)NCCCOc1ccc(C)cc1. The highest BCUT2D eigenvalue weighted by atomic mass is 16.5. The van der Waals surface area contributed by atoms with Crippen molar-refractivity contribution in [2.24, 2.45) is 0 Å². The Bertz CT molecular complexity index is 336. The number of carbonyl (C=O) groups excluding carboxylic acids is 1. The van der Waals surface area contributed by atoms with Crippen molar-refractivity contribution in [3.63, 3.8) is 0 Å². The van der Waals surface area contributed by atoms with Crippen molar-refractivity contribution in [3.05, 3.63) is 29.8 Å². The smallest absolute Gasteiger partial charge is 0.314 e. The summed E-state index contributed by atoms with van der Waals surface area (Å²) in [5.74, 6) is 0.869. The molecule has 4 heteroatoms. The second kappa shape index (κ2) is 7.54. The van der Waals surface area contributed by atoms with Crippen molar-refractivity contribution in [3.8, 4) is 5.75 Å². The molecule has 0 heterocycles. The van der Waals surface area contributed by atoms with Gasteiger partial charge in [-0.1, -0.05) is 17.7 Å². The quantitative estimate of drug-likeness (QED) is 0.743. The second-order valence-electron chi connectivity index (χ2n) is 3.80. The topological polar surface area (TPSA) is 50.4 Å². The molecular formula is C13H20N2O2. The predicted molar refractivity (Wildman–Crippen MR) is 68.4 cm³/mol. The zero-order valence-corrected chi connectivity index (χ0v) is 10.5. The van der Waals surface area contributed by atoms with E-state index in [-0.39, 0.29) is 6.03 Å². The zero-order valence-electron chi connectivity index (χ0n) is 10.5. The van der Waals surface area contributed by atoms with Gasteiger partial charge in [0.05, 0.1) is 6.61 Å². The highest BCUT2D eigenvalue weighted by Gasteiger charge is 1.97. The number of rotatable bonds is 6. The summed E-state index contributed by atoms with van der Waals surface area (Å²) in [6.07, 6.45) is 0.797. The molecule has 2 amide bonds. The molecule has 0 atom stereocenters. The molecule has 17 heavy (non-hydrogen) atoms. The lowest BCUT2D eigenvalue weighted by molar-refractivity contribution is 0.239. The van der Waals surface area contributed by atoms with Crippen LogP contribution in [0.2, 0.25) is 0 Å². The fourth-order valence-corrected chi connectivity index (χ4v) is 1.32. The van der Waals surface area contributed by atoms with E-state index in [1.807, 2.05) is 38.1 Å². The minimum atomic E-state index is -0.122. The average molecular weight is 236 g/mol. The molecule has 0 aliphatic heterocycles. The summed E-state index contributed by atoms with van der Waals surface area (Å²) in [5, 5.41) is 5.42. The first-order valence-corrected chi connectivity index (χ1v) is 5.93. The Morgan fingerprint density at radius 3 is 2.59 bits per heavy atom. The number of amides is 2. The largest absolute Gasteiger partial charge is 0.494 e. The maximum atomic E-state index is 11.1. The van der Waals surface area contributed by atoms with Crippen LogP contribution in [0, 0.1) is 6.92 Å². The third-order valence-corrected chi connectivity index (χ3v) is 2.23. The zero-order chi connectivity index (χ0) is 12.5. The average Bonchev–Trinajstić information content (AvgIpc) is 2.31. The van der Waals surface area contributed by atoms with Gasteiger partial charge in [-0.25, -0.2) is 4.79 Å². The number of urea groups is 1. The van der Waals surface area contributed by atoms with E-state index in [1.54, 1.807) is 0 Å². The molecule has 1 aromatic carbocycles. The van der Waals surface area contributed by atoms with E-state index in [0.29, 0.717) is 19.7 Å². The molecule has 0 fully saturated rings. The number of carbonyl (C=O) groups is 1. The van der Waals surface area contributed by atoms with Crippen molar-refractivity contribution in [2.45, 2.75) is 20.3 Å². The highest BCUT2D eigenvalue weighted by molar-refractivity contribution is 5.73. The van der Waals surface area contributed by atoms with Crippen LogP contribution < -0.4 is 15.4 Å². The van der Waals surface area contributed by atoms with Crippen LogP contribution in [-0.2, 0) is 0 Å². The first kappa shape index (κ1) is 13.4. The Hall–Kier alpha value is -1.71. The molecule has 0 bridgehead atoms. The Morgan fingerprint density at radius 2 is 1.94 bits per heavy atom. The van der Waals surface area contributed by atoms with Crippen LogP contribution >= 0.6 is 0 Å². The Labute approximate surface area is 102 Å². The lowest BCUT2D eigenvalue weighted by Gasteiger charge is -2.07. The third kappa shape index (κ3) is 5.80. The lowest BCUT2D eigenvalue weighted by atomic mass is 10.2. The fourth-order valence-electron chi connectivity index (χ4n) is 1.32. The van der Waals surface area contributed by atoms with Crippen LogP contribution in [-0.4, -0.2) is 25.7 Å². The third-order valence-electron chi connectivity index (χ3n) is 2.23. The Morgan fingerprint density at radius 1 is 1.24 bits per heavy atom. The van der Waals surface area contributed by atoms with E-state index in [1.165, 1.54) is 5.56 Å². The summed E-state index contributed by atoms with van der Waals surface area (Å²) in [4.78, 5) is 11.1. The Kier molecular flexibility index (Phi) is 5.93. The van der Waals surface area contributed by atoms with Gasteiger partial charge in [0.1, 0.15) is 5.75 Å². The molecule has 0 saturated carbocycles. The maximum Gasteiger partial charge on any atom is 0.314 e. The number of nitrogens with one attached hydrogen (secondary N) is 2.